The van der Waals surface area contributed by atoms with Crippen molar-refractivity contribution in [3.63, 3.8) is 0 Å². The summed E-state index contributed by atoms with van der Waals surface area (Å²) in [6, 6.07) is 39.7. The van der Waals surface area contributed by atoms with Crippen LogP contribution in [0.5, 0.6) is 0 Å². The van der Waals surface area contributed by atoms with Crippen molar-refractivity contribution < 1.29 is 4.57 Å². The number of para-hydroxylation sites is 2. The van der Waals surface area contributed by atoms with Crippen LogP contribution in [0.4, 0.5) is 0 Å². The fourth-order valence-electron chi connectivity index (χ4n) is 6.21. The zero-order valence-electron chi connectivity index (χ0n) is 21.3. The molecule has 0 saturated heterocycles. The first-order valence-corrected chi connectivity index (χ1v) is 13.8. The average Bonchev–Trinajstić information content (AvgIpc) is 3.49. The van der Waals surface area contributed by atoms with Gasteiger partial charge in [-0.25, -0.2) is 0 Å². The maximum atomic E-state index is 2.46. The number of fused-ring (bicyclic) bond motifs is 7. The van der Waals surface area contributed by atoms with Gasteiger partial charge in [0.25, 0.3) is 0 Å². The maximum Gasteiger partial charge on any atom is 0.230 e. The van der Waals surface area contributed by atoms with E-state index in [4.69, 9.17) is 0 Å². The van der Waals surface area contributed by atoms with Gasteiger partial charge in [0, 0.05) is 26.2 Å². The molecule has 0 saturated carbocycles. The Bertz CT molecular complexity index is 2160. The van der Waals surface area contributed by atoms with Gasteiger partial charge in [0.15, 0.2) is 6.20 Å². The summed E-state index contributed by atoms with van der Waals surface area (Å²) in [5.41, 5.74) is 7.55. The molecule has 0 aliphatic carbocycles. The van der Waals surface area contributed by atoms with Crippen LogP contribution in [-0.4, -0.2) is 4.57 Å². The van der Waals surface area contributed by atoms with E-state index in [0.29, 0.717) is 0 Å². The van der Waals surface area contributed by atoms with E-state index in [1.165, 1.54) is 75.3 Å². The SMILES string of the molecule is Cc1cc2ccccc2cc1-c1c2sc3ccccc3c2c(-n2c3ccccc3c3ccccc32)c[n+]1C. The summed E-state index contributed by atoms with van der Waals surface area (Å²) in [6.07, 6.45) is 2.34. The molecule has 0 amide bonds. The Hall–Kier alpha value is -4.47. The van der Waals surface area contributed by atoms with Crippen molar-refractivity contribution in [1.82, 2.24) is 4.57 Å². The molecule has 0 bridgehead atoms. The molecule has 0 radical (unpaired) electrons. The van der Waals surface area contributed by atoms with Crippen molar-refractivity contribution >= 4 is 64.1 Å². The first-order chi connectivity index (χ1) is 18.7. The van der Waals surface area contributed by atoms with E-state index in [9.17, 15) is 0 Å². The predicted octanol–water partition coefficient (Wildman–Crippen LogP) is 9.10. The standard InChI is InChI=1S/C35H25N2S/c1-22-19-23-11-3-4-12-24(23)20-28(22)34-35-33(27-15-7-10-18-32(27)38-35)31(21-36(34)2)37-29-16-8-5-13-25(29)26-14-6-9-17-30(26)37/h3-21H,1-2H3/q+1. The predicted molar refractivity (Wildman–Crippen MR) is 163 cm³/mol. The molecule has 3 aromatic heterocycles. The molecule has 0 unspecified atom stereocenters. The van der Waals surface area contributed by atoms with Crippen molar-refractivity contribution in [2.75, 3.05) is 0 Å². The molecule has 8 aromatic rings. The molecule has 38 heavy (non-hydrogen) atoms. The number of aromatic nitrogens is 2. The van der Waals surface area contributed by atoms with Crippen molar-refractivity contribution in [2.45, 2.75) is 6.92 Å². The van der Waals surface area contributed by atoms with Gasteiger partial charge in [-0.05, 0) is 47.5 Å². The van der Waals surface area contributed by atoms with E-state index >= 15 is 0 Å². The lowest BCUT2D eigenvalue weighted by Crippen LogP contribution is -2.32. The molecule has 0 spiro atoms. The quantitative estimate of drug-likeness (QED) is 0.207. The highest BCUT2D eigenvalue weighted by Gasteiger charge is 2.26. The van der Waals surface area contributed by atoms with Crippen LogP contribution < -0.4 is 4.57 Å². The summed E-state index contributed by atoms with van der Waals surface area (Å²) in [4.78, 5) is 0. The molecule has 0 atom stereocenters. The molecule has 5 aromatic carbocycles. The van der Waals surface area contributed by atoms with Crippen LogP contribution in [-0.2, 0) is 7.05 Å². The van der Waals surface area contributed by atoms with Gasteiger partial charge in [-0.15, -0.1) is 11.3 Å². The Morgan fingerprint density at radius 3 is 1.95 bits per heavy atom. The van der Waals surface area contributed by atoms with E-state index in [1.54, 1.807) is 0 Å². The fourth-order valence-corrected chi connectivity index (χ4v) is 7.53. The lowest BCUT2D eigenvalue weighted by atomic mass is 9.98. The highest BCUT2D eigenvalue weighted by molar-refractivity contribution is 7.26. The average molecular weight is 506 g/mol. The molecule has 3 heteroatoms. The van der Waals surface area contributed by atoms with Crippen molar-refractivity contribution in [3.05, 3.63) is 121 Å². The van der Waals surface area contributed by atoms with Crippen LogP contribution in [0.1, 0.15) is 5.56 Å². The topological polar surface area (TPSA) is 8.81 Å². The monoisotopic (exact) mass is 505 g/mol. The second kappa shape index (κ2) is 8.01. The summed E-state index contributed by atoms with van der Waals surface area (Å²) in [5.74, 6) is 0. The summed E-state index contributed by atoms with van der Waals surface area (Å²) in [5, 5.41) is 7.75. The van der Waals surface area contributed by atoms with Crippen LogP contribution >= 0.6 is 11.3 Å². The molecular formula is C35H25N2S+. The molecule has 0 fully saturated rings. The van der Waals surface area contributed by atoms with Gasteiger partial charge in [0.1, 0.15) is 17.4 Å². The number of hydrogen-bond donors (Lipinski definition) is 0. The van der Waals surface area contributed by atoms with E-state index in [-0.39, 0.29) is 0 Å². The highest BCUT2D eigenvalue weighted by atomic mass is 32.1. The summed E-state index contributed by atoms with van der Waals surface area (Å²) < 4.78 is 7.44. The number of rotatable bonds is 2. The van der Waals surface area contributed by atoms with Crippen molar-refractivity contribution in [2.24, 2.45) is 7.05 Å². The Labute approximate surface area is 224 Å². The van der Waals surface area contributed by atoms with Crippen LogP contribution in [0, 0.1) is 6.92 Å². The molecule has 0 aliphatic heterocycles. The Balaban J connectivity index is 1.56. The molecule has 180 valence electrons. The fraction of sp³-hybridized carbons (Fsp3) is 0.0571. The molecular weight excluding hydrogens is 480 g/mol. The Kier molecular flexibility index (Phi) is 4.55. The van der Waals surface area contributed by atoms with Gasteiger partial charge < -0.3 is 4.57 Å². The van der Waals surface area contributed by atoms with E-state index in [1.807, 2.05) is 11.3 Å². The van der Waals surface area contributed by atoms with E-state index in [0.717, 1.165) is 0 Å². The van der Waals surface area contributed by atoms with Crippen LogP contribution in [0.25, 0.3) is 69.7 Å². The van der Waals surface area contributed by atoms with Gasteiger partial charge in [0.2, 0.25) is 5.69 Å². The number of hydrogen-bond acceptors (Lipinski definition) is 1. The summed E-state index contributed by atoms with van der Waals surface area (Å²) in [7, 11) is 2.20. The van der Waals surface area contributed by atoms with Gasteiger partial charge in [-0.2, -0.15) is 4.57 Å². The van der Waals surface area contributed by atoms with Crippen molar-refractivity contribution in [3.8, 4) is 16.9 Å². The minimum absolute atomic E-state index is 1.22. The van der Waals surface area contributed by atoms with Gasteiger partial charge in [-0.3, -0.25) is 0 Å². The largest absolute Gasteiger partial charge is 0.303 e. The van der Waals surface area contributed by atoms with Crippen molar-refractivity contribution in [1.29, 1.82) is 0 Å². The maximum absolute atomic E-state index is 2.46. The molecule has 8 rings (SSSR count). The minimum atomic E-state index is 1.22. The highest BCUT2D eigenvalue weighted by Crippen LogP contribution is 2.44. The number of thiophene rings is 1. The molecule has 0 N–H and O–H groups in total. The lowest BCUT2D eigenvalue weighted by molar-refractivity contribution is -0.658. The van der Waals surface area contributed by atoms with Crippen LogP contribution in [0.2, 0.25) is 0 Å². The minimum Gasteiger partial charge on any atom is -0.303 e. The first-order valence-electron chi connectivity index (χ1n) is 13.0. The second-order valence-electron chi connectivity index (χ2n) is 10.2. The molecule has 0 aliphatic rings. The second-order valence-corrected chi connectivity index (χ2v) is 11.2. The van der Waals surface area contributed by atoms with Crippen LogP contribution in [0.3, 0.4) is 0 Å². The van der Waals surface area contributed by atoms with E-state index < -0.39 is 0 Å². The third-order valence-corrected chi connectivity index (χ3v) is 9.08. The smallest absolute Gasteiger partial charge is 0.230 e. The zero-order valence-corrected chi connectivity index (χ0v) is 22.1. The number of nitrogens with zero attached hydrogens (tertiary/aromatic N) is 2. The van der Waals surface area contributed by atoms with Gasteiger partial charge >= 0.3 is 0 Å². The summed E-state index contributed by atoms with van der Waals surface area (Å²) in [6.45, 7) is 2.24. The number of pyridine rings is 1. The number of benzene rings is 5. The van der Waals surface area contributed by atoms with Gasteiger partial charge in [0.05, 0.1) is 16.6 Å². The van der Waals surface area contributed by atoms with Gasteiger partial charge in [-0.1, -0.05) is 84.9 Å². The first kappa shape index (κ1) is 21.6. The van der Waals surface area contributed by atoms with Crippen LogP contribution in [0.15, 0.2) is 115 Å². The Morgan fingerprint density at radius 1 is 0.658 bits per heavy atom. The zero-order chi connectivity index (χ0) is 25.4. The summed E-state index contributed by atoms with van der Waals surface area (Å²) >= 11 is 1.90. The lowest BCUT2D eigenvalue weighted by Gasteiger charge is -2.13. The Morgan fingerprint density at radius 2 is 1.24 bits per heavy atom. The molecule has 2 nitrogen and oxygen atoms in total. The van der Waals surface area contributed by atoms with E-state index in [2.05, 4.69) is 138 Å². The normalized spacial score (nSPS) is 11.9. The number of aryl methyl sites for hydroxylation is 2. The molecule has 3 heterocycles. The third kappa shape index (κ3) is 2.97. The third-order valence-electron chi connectivity index (χ3n) is 7.90.